The third-order valence-corrected chi connectivity index (χ3v) is 4.82. The maximum atomic E-state index is 5.90. The summed E-state index contributed by atoms with van der Waals surface area (Å²) < 4.78 is 7.90. The molecular weight excluding hydrogens is 429 g/mol. The van der Waals surface area contributed by atoms with Gasteiger partial charge in [-0.25, -0.2) is 4.98 Å². The van der Waals surface area contributed by atoms with Crippen molar-refractivity contribution in [1.82, 2.24) is 20.2 Å². The number of ether oxygens (including phenoxy) is 1. The molecule has 4 rings (SSSR count). The van der Waals surface area contributed by atoms with Gasteiger partial charge in [0.2, 0.25) is 0 Å². The highest BCUT2D eigenvalue weighted by Gasteiger charge is 2.41. The van der Waals surface area contributed by atoms with Crippen molar-refractivity contribution in [3.8, 4) is 5.69 Å². The van der Waals surface area contributed by atoms with Crippen molar-refractivity contribution in [3.05, 3.63) is 48.5 Å². The van der Waals surface area contributed by atoms with Crippen LogP contribution in [0.1, 0.15) is 24.8 Å². The molecule has 7 heteroatoms. The molecular formula is C18H24IN5O. The molecule has 2 aliphatic heterocycles. The lowest BCUT2D eigenvalue weighted by Crippen LogP contribution is -2.47. The third-order valence-electron chi connectivity index (χ3n) is 4.82. The highest BCUT2D eigenvalue weighted by molar-refractivity contribution is 14.0. The molecule has 2 aromatic rings. The molecule has 1 aromatic carbocycles. The predicted octanol–water partition coefficient (Wildman–Crippen LogP) is 2.48. The summed E-state index contributed by atoms with van der Waals surface area (Å²) in [6, 6.07) is 8.79. The predicted molar refractivity (Wildman–Crippen MR) is 109 cm³/mol. The number of halogens is 1. The van der Waals surface area contributed by atoms with E-state index in [-0.39, 0.29) is 24.0 Å². The highest BCUT2D eigenvalue weighted by Crippen LogP contribution is 2.34. The van der Waals surface area contributed by atoms with Crippen LogP contribution in [0.2, 0.25) is 0 Å². The lowest BCUT2D eigenvalue weighted by molar-refractivity contribution is 0.0992. The zero-order chi connectivity index (χ0) is 16.4. The third kappa shape index (κ3) is 4.14. The molecule has 134 valence electrons. The van der Waals surface area contributed by atoms with E-state index in [9.17, 15) is 0 Å². The van der Waals surface area contributed by atoms with Crippen LogP contribution in [0.25, 0.3) is 5.69 Å². The first-order chi connectivity index (χ1) is 11.8. The smallest absolute Gasteiger partial charge is 0.191 e. The Balaban J connectivity index is 0.00000182. The Kier molecular flexibility index (Phi) is 5.95. The molecule has 0 saturated carbocycles. The van der Waals surface area contributed by atoms with Crippen molar-refractivity contribution in [3.63, 3.8) is 0 Å². The summed E-state index contributed by atoms with van der Waals surface area (Å²) in [4.78, 5) is 8.44. The van der Waals surface area contributed by atoms with Gasteiger partial charge in [-0.1, -0.05) is 12.1 Å². The molecule has 2 bridgehead atoms. The normalized spacial score (nSPS) is 24.8. The van der Waals surface area contributed by atoms with Gasteiger partial charge in [0, 0.05) is 31.7 Å². The lowest BCUT2D eigenvalue weighted by atomic mass is 9.96. The van der Waals surface area contributed by atoms with Gasteiger partial charge in [-0.15, -0.1) is 24.0 Å². The lowest BCUT2D eigenvalue weighted by Gasteiger charge is -2.22. The second-order valence-corrected chi connectivity index (χ2v) is 6.43. The Morgan fingerprint density at radius 1 is 1.40 bits per heavy atom. The second-order valence-electron chi connectivity index (χ2n) is 6.43. The summed E-state index contributed by atoms with van der Waals surface area (Å²) in [5, 5.41) is 6.91. The first-order valence-corrected chi connectivity index (χ1v) is 8.52. The number of rotatable bonds is 4. The van der Waals surface area contributed by atoms with Crippen LogP contribution in [0.15, 0.2) is 48.0 Å². The van der Waals surface area contributed by atoms with Crippen molar-refractivity contribution >= 4 is 29.9 Å². The van der Waals surface area contributed by atoms with Gasteiger partial charge in [0.15, 0.2) is 5.96 Å². The van der Waals surface area contributed by atoms with Crippen LogP contribution in [-0.4, -0.2) is 40.8 Å². The van der Waals surface area contributed by atoms with Crippen molar-refractivity contribution in [2.45, 2.75) is 44.1 Å². The topological polar surface area (TPSA) is 63.5 Å². The Labute approximate surface area is 165 Å². The van der Waals surface area contributed by atoms with E-state index in [1.807, 2.05) is 24.1 Å². The van der Waals surface area contributed by atoms with Crippen LogP contribution >= 0.6 is 24.0 Å². The molecule has 2 saturated heterocycles. The molecule has 6 nitrogen and oxygen atoms in total. The fourth-order valence-electron chi connectivity index (χ4n) is 3.58. The van der Waals surface area contributed by atoms with Gasteiger partial charge in [-0.3, -0.25) is 4.99 Å². The van der Waals surface area contributed by atoms with Crippen LogP contribution in [0.3, 0.4) is 0 Å². The number of aromatic nitrogens is 2. The van der Waals surface area contributed by atoms with E-state index >= 15 is 0 Å². The van der Waals surface area contributed by atoms with Gasteiger partial charge in [0.1, 0.15) is 0 Å². The molecule has 1 aromatic heterocycles. The monoisotopic (exact) mass is 453 g/mol. The standard InChI is InChI=1S/C18H23N5O.HI/c1-19-18(22-16-10-15-5-6-17(16)24-15)21-11-13-3-2-4-14(9-13)23-8-7-20-12-23;/h2-4,7-9,12,15-17H,5-6,10-11H2,1H3,(H2,19,21,22);1H. The molecule has 3 atom stereocenters. The summed E-state index contributed by atoms with van der Waals surface area (Å²) in [5.41, 5.74) is 2.31. The largest absolute Gasteiger partial charge is 0.373 e. The molecule has 3 heterocycles. The number of aliphatic imine (C=N–C) groups is 1. The van der Waals surface area contributed by atoms with E-state index < -0.39 is 0 Å². The molecule has 0 aliphatic carbocycles. The minimum atomic E-state index is 0. The highest BCUT2D eigenvalue weighted by atomic mass is 127. The number of nitrogens with zero attached hydrogens (tertiary/aromatic N) is 3. The number of fused-ring (bicyclic) bond motifs is 2. The van der Waals surface area contributed by atoms with Crippen LogP contribution < -0.4 is 10.6 Å². The van der Waals surface area contributed by atoms with Gasteiger partial charge in [0.05, 0.1) is 24.6 Å². The Hall–Kier alpha value is -1.61. The summed E-state index contributed by atoms with van der Waals surface area (Å²) in [6.07, 6.45) is 9.78. The van der Waals surface area contributed by atoms with E-state index in [0.29, 0.717) is 18.2 Å². The Morgan fingerprint density at radius 2 is 2.32 bits per heavy atom. The number of nitrogens with one attached hydrogen (secondary N) is 2. The van der Waals surface area contributed by atoms with E-state index in [1.54, 1.807) is 6.20 Å². The molecule has 2 fully saturated rings. The molecule has 2 aliphatic rings. The minimum absolute atomic E-state index is 0. The van der Waals surface area contributed by atoms with Gasteiger partial charge in [0.25, 0.3) is 0 Å². The number of guanidine groups is 1. The summed E-state index contributed by atoms with van der Waals surface area (Å²) in [5.74, 6) is 0.837. The molecule has 0 amide bonds. The first kappa shape index (κ1) is 18.2. The van der Waals surface area contributed by atoms with Gasteiger partial charge in [-0.2, -0.15) is 0 Å². The van der Waals surface area contributed by atoms with Crippen molar-refractivity contribution in [2.24, 2.45) is 4.99 Å². The summed E-state index contributed by atoms with van der Waals surface area (Å²) in [7, 11) is 1.81. The molecule has 2 N–H and O–H groups in total. The zero-order valence-electron chi connectivity index (χ0n) is 14.3. The summed E-state index contributed by atoms with van der Waals surface area (Å²) in [6.45, 7) is 0.726. The Morgan fingerprint density at radius 3 is 3.00 bits per heavy atom. The quantitative estimate of drug-likeness (QED) is 0.424. The van der Waals surface area contributed by atoms with E-state index in [0.717, 1.165) is 31.0 Å². The van der Waals surface area contributed by atoms with Crippen molar-refractivity contribution in [1.29, 1.82) is 0 Å². The van der Waals surface area contributed by atoms with Gasteiger partial charge in [-0.05, 0) is 37.0 Å². The maximum absolute atomic E-state index is 5.90. The van der Waals surface area contributed by atoms with E-state index in [1.165, 1.54) is 12.0 Å². The minimum Gasteiger partial charge on any atom is -0.373 e. The fourth-order valence-corrected chi connectivity index (χ4v) is 3.58. The van der Waals surface area contributed by atoms with E-state index in [2.05, 4.69) is 44.9 Å². The average Bonchev–Trinajstić information content (AvgIpc) is 3.36. The van der Waals surface area contributed by atoms with Crippen molar-refractivity contribution in [2.75, 3.05) is 7.05 Å². The van der Waals surface area contributed by atoms with E-state index in [4.69, 9.17) is 4.74 Å². The number of hydrogen-bond donors (Lipinski definition) is 2. The maximum Gasteiger partial charge on any atom is 0.191 e. The molecule has 0 radical (unpaired) electrons. The molecule has 25 heavy (non-hydrogen) atoms. The Bertz CT molecular complexity index is 718. The average molecular weight is 453 g/mol. The van der Waals surface area contributed by atoms with Gasteiger partial charge >= 0.3 is 0 Å². The zero-order valence-corrected chi connectivity index (χ0v) is 16.6. The second kappa shape index (κ2) is 8.18. The number of hydrogen-bond acceptors (Lipinski definition) is 3. The SMILES string of the molecule is CN=C(NCc1cccc(-n2ccnc2)c1)NC1CC2CCC1O2.I. The van der Waals surface area contributed by atoms with Crippen LogP contribution in [0.5, 0.6) is 0 Å². The van der Waals surface area contributed by atoms with Gasteiger partial charge < -0.3 is 19.9 Å². The first-order valence-electron chi connectivity index (χ1n) is 8.52. The molecule has 3 unspecified atom stereocenters. The molecule has 0 spiro atoms. The number of imidazole rings is 1. The van der Waals surface area contributed by atoms with Crippen LogP contribution in [-0.2, 0) is 11.3 Å². The fraction of sp³-hybridized carbons (Fsp3) is 0.444. The summed E-state index contributed by atoms with van der Waals surface area (Å²) >= 11 is 0. The van der Waals surface area contributed by atoms with Crippen LogP contribution in [0, 0.1) is 0 Å². The number of benzene rings is 1. The van der Waals surface area contributed by atoms with Crippen molar-refractivity contribution < 1.29 is 4.74 Å². The van der Waals surface area contributed by atoms with Crippen LogP contribution in [0.4, 0.5) is 0 Å².